The van der Waals surface area contributed by atoms with Gasteiger partial charge >= 0.3 is 0 Å². The number of aliphatic hydroxyl groups is 1. The van der Waals surface area contributed by atoms with Crippen molar-refractivity contribution in [3.05, 3.63) is 46.8 Å². The van der Waals surface area contributed by atoms with Crippen LogP contribution in [0.25, 0.3) is 16.8 Å². The van der Waals surface area contributed by atoms with Crippen LogP contribution in [0.15, 0.2) is 24.3 Å². The lowest BCUT2D eigenvalue weighted by molar-refractivity contribution is 0.250. The van der Waals surface area contributed by atoms with Gasteiger partial charge in [0.2, 0.25) is 0 Å². The number of hydrogen-bond acceptors (Lipinski definition) is 4. The third-order valence-corrected chi connectivity index (χ3v) is 5.82. The average molecular weight is 410 g/mol. The maximum absolute atomic E-state index is 10.0. The van der Waals surface area contributed by atoms with E-state index in [9.17, 15) is 5.11 Å². The van der Waals surface area contributed by atoms with Crippen LogP contribution in [0.1, 0.15) is 82.8 Å². The Labute approximate surface area is 182 Å². The zero-order chi connectivity index (χ0) is 22.3. The Morgan fingerprint density at radius 1 is 1.13 bits per heavy atom. The Hall–Kier alpha value is -2.20. The van der Waals surface area contributed by atoms with E-state index in [1.54, 1.807) is 0 Å². The van der Waals surface area contributed by atoms with Gasteiger partial charge in [-0.15, -0.1) is 0 Å². The number of aryl methyl sites for hydroxylation is 2. The van der Waals surface area contributed by atoms with E-state index in [0.717, 1.165) is 54.1 Å². The summed E-state index contributed by atoms with van der Waals surface area (Å²) in [5.41, 5.74) is 7.84. The number of aromatic nitrogens is 2. The molecule has 2 heterocycles. The van der Waals surface area contributed by atoms with E-state index in [2.05, 4.69) is 71.1 Å². The summed E-state index contributed by atoms with van der Waals surface area (Å²) in [6.45, 7) is 13.1. The number of pyridine rings is 2. The fraction of sp³-hybridized carbons (Fsp3) is 0.538. The van der Waals surface area contributed by atoms with Gasteiger partial charge in [-0.3, -0.25) is 4.98 Å². The maximum Gasteiger partial charge on any atom is 0.135 e. The summed E-state index contributed by atoms with van der Waals surface area (Å²) in [4.78, 5) is 10.0. The van der Waals surface area contributed by atoms with Crippen molar-refractivity contribution in [2.24, 2.45) is 5.92 Å². The summed E-state index contributed by atoms with van der Waals surface area (Å²) in [6.07, 6.45) is 5.93. The van der Waals surface area contributed by atoms with E-state index in [1.807, 2.05) is 7.05 Å². The molecule has 4 heteroatoms. The molecular formula is C26H39N3O. The molecule has 0 unspecified atom stereocenters. The summed E-state index contributed by atoms with van der Waals surface area (Å²) in [7, 11) is 1.92. The van der Waals surface area contributed by atoms with E-state index in [1.165, 1.54) is 16.7 Å². The highest BCUT2D eigenvalue weighted by atomic mass is 16.3. The minimum absolute atomic E-state index is 0.155. The standard InChI is InChI=1S/C26H39N3O/c1-8-12-19(16-30)20(10-3)22-15-18(9-2)25(28-23(22)11-4)21-13-14-24(17(5)6)29-26(21)27-7/h10,13-15,17,19,30H,8-9,11-12,16H2,1-7H3,(H,27,29)/b20-10-/t19-/m1/s1. The van der Waals surface area contributed by atoms with Gasteiger partial charge < -0.3 is 10.4 Å². The molecule has 164 valence electrons. The number of allylic oxidation sites excluding steroid dienone is 1. The van der Waals surface area contributed by atoms with Gasteiger partial charge in [-0.05, 0) is 67.0 Å². The van der Waals surface area contributed by atoms with Gasteiger partial charge in [0.05, 0.1) is 5.69 Å². The van der Waals surface area contributed by atoms with Gasteiger partial charge in [0.25, 0.3) is 0 Å². The Bertz CT molecular complexity index is 871. The third-order valence-electron chi connectivity index (χ3n) is 5.82. The molecule has 0 saturated heterocycles. The van der Waals surface area contributed by atoms with E-state index >= 15 is 0 Å². The molecule has 0 spiro atoms. The molecule has 1 atom stereocenters. The van der Waals surface area contributed by atoms with Crippen molar-refractivity contribution >= 4 is 11.4 Å². The molecule has 2 aromatic heterocycles. The monoisotopic (exact) mass is 409 g/mol. The molecule has 0 fully saturated rings. The zero-order valence-corrected chi connectivity index (χ0v) is 19.8. The molecule has 4 nitrogen and oxygen atoms in total. The molecule has 0 amide bonds. The Morgan fingerprint density at radius 2 is 1.87 bits per heavy atom. The minimum atomic E-state index is 0.155. The fourth-order valence-electron chi connectivity index (χ4n) is 4.10. The zero-order valence-electron chi connectivity index (χ0n) is 19.8. The molecule has 2 aromatic rings. The first-order valence-corrected chi connectivity index (χ1v) is 11.4. The lowest BCUT2D eigenvalue weighted by Gasteiger charge is -2.22. The topological polar surface area (TPSA) is 58.0 Å². The molecule has 0 aliphatic carbocycles. The van der Waals surface area contributed by atoms with Crippen LogP contribution in [-0.2, 0) is 12.8 Å². The van der Waals surface area contributed by atoms with Crippen LogP contribution >= 0.6 is 0 Å². The highest BCUT2D eigenvalue weighted by molar-refractivity contribution is 5.78. The number of nitrogens with zero attached hydrogens (tertiary/aromatic N) is 2. The first kappa shape index (κ1) is 24.1. The van der Waals surface area contributed by atoms with E-state index in [-0.39, 0.29) is 12.5 Å². The summed E-state index contributed by atoms with van der Waals surface area (Å²) in [5.74, 6) is 1.41. The fourth-order valence-corrected chi connectivity index (χ4v) is 4.10. The van der Waals surface area contributed by atoms with Crippen LogP contribution in [-0.4, -0.2) is 28.7 Å². The van der Waals surface area contributed by atoms with Crippen LogP contribution < -0.4 is 5.32 Å². The molecule has 2 N–H and O–H groups in total. The lowest BCUT2D eigenvalue weighted by Crippen LogP contribution is -2.12. The summed E-state index contributed by atoms with van der Waals surface area (Å²) in [6, 6.07) is 6.56. The molecule has 2 rings (SSSR count). The first-order valence-electron chi connectivity index (χ1n) is 11.4. The second-order valence-corrected chi connectivity index (χ2v) is 8.15. The molecule has 30 heavy (non-hydrogen) atoms. The van der Waals surface area contributed by atoms with Crippen molar-refractivity contribution in [2.45, 2.75) is 73.1 Å². The molecule has 0 aromatic carbocycles. The quantitative estimate of drug-likeness (QED) is 0.487. The summed E-state index contributed by atoms with van der Waals surface area (Å²) < 4.78 is 0. The maximum atomic E-state index is 10.0. The highest BCUT2D eigenvalue weighted by Gasteiger charge is 2.21. The van der Waals surface area contributed by atoms with E-state index in [0.29, 0.717) is 5.92 Å². The Morgan fingerprint density at radius 3 is 2.37 bits per heavy atom. The average Bonchev–Trinajstić information content (AvgIpc) is 2.77. The smallest absolute Gasteiger partial charge is 0.135 e. The number of aliphatic hydroxyl groups excluding tert-OH is 1. The Kier molecular flexibility index (Phi) is 9.04. The van der Waals surface area contributed by atoms with Crippen molar-refractivity contribution < 1.29 is 5.11 Å². The van der Waals surface area contributed by atoms with Crippen molar-refractivity contribution in [1.29, 1.82) is 0 Å². The number of nitrogens with one attached hydrogen (secondary N) is 1. The highest BCUT2D eigenvalue weighted by Crippen LogP contribution is 2.35. The number of hydrogen-bond donors (Lipinski definition) is 2. The largest absolute Gasteiger partial charge is 0.396 e. The Balaban J connectivity index is 2.68. The van der Waals surface area contributed by atoms with Crippen molar-refractivity contribution in [1.82, 2.24) is 9.97 Å². The van der Waals surface area contributed by atoms with Gasteiger partial charge in [0.1, 0.15) is 5.82 Å². The van der Waals surface area contributed by atoms with Gasteiger partial charge in [-0.1, -0.05) is 47.1 Å². The molecule has 0 aliphatic rings. The van der Waals surface area contributed by atoms with Crippen LogP contribution in [0.5, 0.6) is 0 Å². The lowest BCUT2D eigenvalue weighted by atomic mass is 9.86. The molecule has 0 radical (unpaired) electrons. The van der Waals surface area contributed by atoms with Crippen LogP contribution in [0.3, 0.4) is 0 Å². The van der Waals surface area contributed by atoms with Crippen LogP contribution in [0.2, 0.25) is 0 Å². The van der Waals surface area contributed by atoms with Gasteiger partial charge in [-0.25, -0.2) is 4.98 Å². The van der Waals surface area contributed by atoms with Crippen molar-refractivity contribution in [3.8, 4) is 11.3 Å². The molecule has 0 saturated carbocycles. The second kappa shape index (κ2) is 11.3. The summed E-state index contributed by atoms with van der Waals surface area (Å²) in [5, 5.41) is 13.3. The SMILES string of the molecule is C/C=C(\c1cc(CC)c(-c2ccc(C(C)C)nc2NC)nc1CC)[C@@H](CO)CCC. The van der Waals surface area contributed by atoms with Gasteiger partial charge in [0, 0.05) is 36.5 Å². The first-order chi connectivity index (χ1) is 14.4. The molecule has 0 aliphatic heterocycles. The van der Waals surface area contributed by atoms with Crippen LogP contribution in [0, 0.1) is 5.92 Å². The van der Waals surface area contributed by atoms with Gasteiger partial charge in [-0.2, -0.15) is 0 Å². The molecule has 0 bridgehead atoms. The van der Waals surface area contributed by atoms with Crippen molar-refractivity contribution in [3.63, 3.8) is 0 Å². The van der Waals surface area contributed by atoms with Gasteiger partial charge in [0.15, 0.2) is 0 Å². The van der Waals surface area contributed by atoms with E-state index < -0.39 is 0 Å². The number of anilines is 1. The summed E-state index contributed by atoms with van der Waals surface area (Å²) >= 11 is 0. The predicted octanol–water partition coefficient (Wildman–Crippen LogP) is 6.25. The number of rotatable bonds is 10. The third kappa shape index (κ3) is 5.10. The van der Waals surface area contributed by atoms with E-state index in [4.69, 9.17) is 9.97 Å². The predicted molar refractivity (Wildman–Crippen MR) is 129 cm³/mol. The second-order valence-electron chi connectivity index (χ2n) is 8.15. The van der Waals surface area contributed by atoms with Crippen molar-refractivity contribution in [2.75, 3.05) is 19.0 Å². The molecular weight excluding hydrogens is 370 g/mol. The minimum Gasteiger partial charge on any atom is -0.396 e. The normalized spacial score (nSPS) is 13.0. The van der Waals surface area contributed by atoms with Crippen LogP contribution in [0.4, 0.5) is 5.82 Å².